The van der Waals surface area contributed by atoms with E-state index in [1.165, 1.54) is 0 Å². The molecule has 1 aromatic carbocycles. The Kier molecular flexibility index (Phi) is 4.74. The van der Waals surface area contributed by atoms with E-state index in [1.54, 1.807) is 14.2 Å². The van der Waals surface area contributed by atoms with E-state index in [0.29, 0.717) is 17.2 Å². The molecule has 0 aliphatic heterocycles. The molecule has 1 aliphatic carbocycles. The van der Waals surface area contributed by atoms with Crippen LogP contribution in [-0.4, -0.2) is 30.3 Å². The van der Waals surface area contributed by atoms with Crippen molar-refractivity contribution in [3.8, 4) is 22.8 Å². The molecule has 3 rings (SSSR count). The predicted octanol–water partition coefficient (Wildman–Crippen LogP) is 3.53. The summed E-state index contributed by atoms with van der Waals surface area (Å²) in [4.78, 5) is 12.5. The average Bonchev–Trinajstić information content (AvgIpc) is 3.25. The summed E-state index contributed by atoms with van der Waals surface area (Å²) < 4.78 is 10.6. The van der Waals surface area contributed by atoms with E-state index in [-0.39, 0.29) is 11.8 Å². The molecule has 1 fully saturated rings. The number of hydrogen-bond donors (Lipinski definition) is 2. The number of nitrogens with zero attached hydrogens (tertiary/aromatic N) is 1. The summed E-state index contributed by atoms with van der Waals surface area (Å²) in [5.41, 5.74) is 3.14. The van der Waals surface area contributed by atoms with Gasteiger partial charge in [-0.15, -0.1) is 0 Å². The lowest BCUT2D eigenvalue weighted by atomic mass is 10.1. The van der Waals surface area contributed by atoms with Gasteiger partial charge in [0.05, 0.1) is 25.6 Å². The lowest BCUT2D eigenvalue weighted by molar-refractivity contribution is -0.119. The van der Waals surface area contributed by atoms with Crippen LogP contribution in [0, 0.1) is 12.8 Å². The van der Waals surface area contributed by atoms with E-state index in [0.717, 1.165) is 42.6 Å². The van der Waals surface area contributed by atoms with Crippen molar-refractivity contribution in [2.75, 3.05) is 19.5 Å². The first kappa shape index (κ1) is 16.4. The van der Waals surface area contributed by atoms with Crippen molar-refractivity contribution in [2.45, 2.75) is 32.6 Å². The standard InChI is InChI=1S/C18H23N3O3/c1-11-16(19-18(22)12-6-4-5-7-12)17(21-20-11)13-8-9-14(23-2)15(10-13)24-3/h8-10,12H,4-7H2,1-3H3,(H,19,22)(H,20,21). The molecule has 1 amide bonds. The Labute approximate surface area is 141 Å². The van der Waals surface area contributed by atoms with Crippen LogP contribution in [0.3, 0.4) is 0 Å². The number of nitrogens with one attached hydrogen (secondary N) is 2. The van der Waals surface area contributed by atoms with Crippen LogP contribution < -0.4 is 14.8 Å². The van der Waals surface area contributed by atoms with Crippen molar-refractivity contribution in [3.63, 3.8) is 0 Å². The number of anilines is 1. The molecule has 1 aliphatic rings. The molecule has 0 unspecified atom stereocenters. The van der Waals surface area contributed by atoms with Crippen molar-refractivity contribution in [3.05, 3.63) is 23.9 Å². The van der Waals surface area contributed by atoms with Gasteiger partial charge in [0.2, 0.25) is 5.91 Å². The number of amides is 1. The second-order valence-corrected chi connectivity index (χ2v) is 6.11. The van der Waals surface area contributed by atoms with Crippen molar-refractivity contribution in [1.82, 2.24) is 10.2 Å². The van der Waals surface area contributed by atoms with Crippen LogP contribution in [0.1, 0.15) is 31.4 Å². The van der Waals surface area contributed by atoms with Gasteiger partial charge in [0.1, 0.15) is 5.69 Å². The minimum Gasteiger partial charge on any atom is -0.493 e. The number of carbonyl (C=O) groups is 1. The molecule has 1 aromatic heterocycles. The molecular formula is C18H23N3O3. The third-order valence-electron chi connectivity index (χ3n) is 4.58. The Morgan fingerprint density at radius 2 is 1.92 bits per heavy atom. The van der Waals surface area contributed by atoms with Gasteiger partial charge in [0, 0.05) is 11.5 Å². The summed E-state index contributed by atoms with van der Waals surface area (Å²) >= 11 is 0. The zero-order chi connectivity index (χ0) is 17.1. The first-order valence-electron chi connectivity index (χ1n) is 8.22. The molecule has 0 saturated heterocycles. The van der Waals surface area contributed by atoms with Gasteiger partial charge in [-0.3, -0.25) is 9.89 Å². The zero-order valence-corrected chi connectivity index (χ0v) is 14.3. The highest BCUT2D eigenvalue weighted by Gasteiger charge is 2.25. The number of carbonyl (C=O) groups excluding carboxylic acids is 1. The highest BCUT2D eigenvalue weighted by atomic mass is 16.5. The van der Waals surface area contributed by atoms with Crippen LogP contribution in [0.25, 0.3) is 11.3 Å². The summed E-state index contributed by atoms with van der Waals surface area (Å²) in [5, 5.41) is 10.4. The third kappa shape index (κ3) is 3.09. The molecule has 1 heterocycles. The lowest BCUT2D eigenvalue weighted by Gasteiger charge is -2.12. The van der Waals surface area contributed by atoms with Gasteiger partial charge in [0.25, 0.3) is 0 Å². The molecule has 0 atom stereocenters. The summed E-state index contributed by atoms with van der Waals surface area (Å²) in [7, 11) is 3.20. The highest BCUT2D eigenvalue weighted by molar-refractivity contribution is 5.97. The topological polar surface area (TPSA) is 76.2 Å². The molecule has 1 saturated carbocycles. The Morgan fingerprint density at radius 3 is 2.58 bits per heavy atom. The Morgan fingerprint density at radius 1 is 1.21 bits per heavy atom. The second-order valence-electron chi connectivity index (χ2n) is 6.11. The number of aromatic nitrogens is 2. The van der Waals surface area contributed by atoms with Crippen molar-refractivity contribution < 1.29 is 14.3 Å². The number of aryl methyl sites for hydroxylation is 1. The van der Waals surface area contributed by atoms with Gasteiger partial charge >= 0.3 is 0 Å². The van der Waals surface area contributed by atoms with Gasteiger partial charge in [-0.05, 0) is 38.0 Å². The van der Waals surface area contributed by atoms with Crippen molar-refractivity contribution in [1.29, 1.82) is 0 Å². The lowest BCUT2D eigenvalue weighted by Crippen LogP contribution is -2.20. The van der Waals surface area contributed by atoms with Crippen LogP contribution in [0.5, 0.6) is 11.5 Å². The average molecular weight is 329 g/mol. The Balaban J connectivity index is 1.90. The van der Waals surface area contributed by atoms with Crippen LogP contribution in [0.2, 0.25) is 0 Å². The third-order valence-corrected chi connectivity index (χ3v) is 4.58. The highest BCUT2D eigenvalue weighted by Crippen LogP contribution is 2.36. The number of H-pyrrole nitrogens is 1. The van der Waals surface area contributed by atoms with Gasteiger partial charge in [-0.2, -0.15) is 5.10 Å². The molecule has 0 spiro atoms. The monoisotopic (exact) mass is 329 g/mol. The van der Waals surface area contributed by atoms with Gasteiger partial charge in [0.15, 0.2) is 11.5 Å². The van der Waals surface area contributed by atoms with Gasteiger partial charge in [-0.1, -0.05) is 12.8 Å². The van der Waals surface area contributed by atoms with E-state index in [4.69, 9.17) is 9.47 Å². The Hall–Kier alpha value is -2.50. The number of rotatable bonds is 5. The maximum atomic E-state index is 12.5. The van der Waals surface area contributed by atoms with Crippen LogP contribution in [0.15, 0.2) is 18.2 Å². The smallest absolute Gasteiger partial charge is 0.227 e. The SMILES string of the molecule is COc1ccc(-c2n[nH]c(C)c2NC(=O)C2CCCC2)cc1OC. The fourth-order valence-corrected chi connectivity index (χ4v) is 3.19. The fourth-order valence-electron chi connectivity index (χ4n) is 3.19. The predicted molar refractivity (Wildman–Crippen MR) is 92.5 cm³/mol. The Bertz CT molecular complexity index is 733. The molecule has 6 nitrogen and oxygen atoms in total. The molecule has 6 heteroatoms. The molecule has 24 heavy (non-hydrogen) atoms. The van der Waals surface area contributed by atoms with Gasteiger partial charge < -0.3 is 14.8 Å². The molecular weight excluding hydrogens is 306 g/mol. The summed E-state index contributed by atoms with van der Waals surface area (Å²) in [5.74, 6) is 1.48. The maximum absolute atomic E-state index is 12.5. The van der Waals surface area contributed by atoms with E-state index in [1.807, 2.05) is 25.1 Å². The van der Waals surface area contributed by atoms with E-state index in [2.05, 4.69) is 15.5 Å². The van der Waals surface area contributed by atoms with Crippen molar-refractivity contribution in [2.24, 2.45) is 5.92 Å². The molecule has 0 radical (unpaired) electrons. The first-order valence-corrected chi connectivity index (χ1v) is 8.22. The molecule has 128 valence electrons. The van der Waals surface area contributed by atoms with Crippen LogP contribution in [0.4, 0.5) is 5.69 Å². The molecule has 2 N–H and O–H groups in total. The maximum Gasteiger partial charge on any atom is 0.227 e. The first-order chi connectivity index (χ1) is 11.6. The second kappa shape index (κ2) is 6.95. The quantitative estimate of drug-likeness (QED) is 0.880. The number of benzene rings is 1. The summed E-state index contributed by atoms with van der Waals surface area (Å²) in [6, 6.07) is 5.60. The van der Waals surface area contributed by atoms with Crippen LogP contribution in [-0.2, 0) is 4.79 Å². The number of hydrogen-bond acceptors (Lipinski definition) is 4. The van der Waals surface area contributed by atoms with E-state index < -0.39 is 0 Å². The summed E-state index contributed by atoms with van der Waals surface area (Å²) in [6.07, 6.45) is 4.19. The number of methoxy groups -OCH3 is 2. The molecule has 0 bridgehead atoms. The summed E-state index contributed by atoms with van der Waals surface area (Å²) in [6.45, 7) is 1.90. The fraction of sp³-hybridized carbons (Fsp3) is 0.444. The van der Waals surface area contributed by atoms with Gasteiger partial charge in [-0.25, -0.2) is 0 Å². The van der Waals surface area contributed by atoms with Crippen LogP contribution >= 0.6 is 0 Å². The van der Waals surface area contributed by atoms with Crippen molar-refractivity contribution >= 4 is 11.6 Å². The number of ether oxygens (including phenoxy) is 2. The van der Waals surface area contributed by atoms with E-state index in [9.17, 15) is 4.79 Å². The zero-order valence-electron chi connectivity index (χ0n) is 14.3. The number of aromatic amines is 1. The largest absolute Gasteiger partial charge is 0.493 e. The minimum absolute atomic E-state index is 0.0822. The van der Waals surface area contributed by atoms with E-state index >= 15 is 0 Å². The minimum atomic E-state index is 0.0822. The normalized spacial score (nSPS) is 14.6. The molecule has 2 aromatic rings.